The van der Waals surface area contributed by atoms with Crippen molar-refractivity contribution >= 4 is 40.1 Å². The Balaban J connectivity index is 1.52. The number of furan rings is 1. The van der Waals surface area contributed by atoms with E-state index in [9.17, 15) is 18.4 Å². The molecule has 1 aromatic heterocycles. The quantitative estimate of drug-likeness (QED) is 0.556. The van der Waals surface area contributed by atoms with Crippen molar-refractivity contribution in [3.8, 4) is 5.75 Å². The Morgan fingerprint density at radius 2 is 2.00 bits per heavy atom. The second kappa shape index (κ2) is 8.91. The number of carbonyl (C=O) groups excluding carboxylic acids is 2. The number of halogens is 3. The molecule has 0 radical (unpaired) electrons. The van der Waals surface area contributed by atoms with Gasteiger partial charge in [-0.05, 0) is 36.8 Å². The molecule has 2 aromatic carbocycles. The normalized spacial score (nSPS) is 10.9. The number of esters is 1. The number of carbonyl (C=O) groups is 2. The third kappa shape index (κ3) is 5.45. The van der Waals surface area contributed by atoms with E-state index in [1.807, 2.05) is 25.1 Å². The van der Waals surface area contributed by atoms with Crippen molar-refractivity contribution in [3.63, 3.8) is 0 Å². The van der Waals surface area contributed by atoms with Crippen LogP contribution in [0.1, 0.15) is 11.1 Å². The SMILES string of the molecule is Cc1ccc2c(CC(=O)OCC(=O)Nc3ccc(OC(F)F)c(Cl)c3)coc2c1. The molecule has 0 bridgehead atoms. The van der Waals surface area contributed by atoms with Crippen LogP contribution in [0, 0.1) is 6.92 Å². The number of benzene rings is 2. The first-order valence-corrected chi connectivity index (χ1v) is 8.86. The maximum Gasteiger partial charge on any atom is 0.387 e. The number of fused-ring (bicyclic) bond motifs is 1. The van der Waals surface area contributed by atoms with Crippen LogP contribution in [-0.2, 0) is 20.7 Å². The first-order valence-electron chi connectivity index (χ1n) is 8.48. The fourth-order valence-electron chi connectivity index (χ4n) is 2.65. The number of nitrogens with one attached hydrogen (secondary N) is 1. The van der Waals surface area contributed by atoms with Gasteiger partial charge in [-0.2, -0.15) is 8.78 Å². The van der Waals surface area contributed by atoms with Gasteiger partial charge in [0.2, 0.25) is 0 Å². The zero-order valence-electron chi connectivity index (χ0n) is 15.2. The van der Waals surface area contributed by atoms with Crippen LogP contribution in [0.2, 0.25) is 5.02 Å². The van der Waals surface area contributed by atoms with Crippen molar-refractivity contribution in [2.24, 2.45) is 0 Å². The molecular weight excluding hydrogens is 408 g/mol. The lowest BCUT2D eigenvalue weighted by Gasteiger charge is -2.10. The minimum Gasteiger partial charge on any atom is -0.464 e. The second-order valence-corrected chi connectivity index (χ2v) is 6.58. The summed E-state index contributed by atoms with van der Waals surface area (Å²) in [4.78, 5) is 24.0. The van der Waals surface area contributed by atoms with Crippen LogP contribution in [0.3, 0.4) is 0 Å². The predicted molar refractivity (Wildman–Crippen MR) is 102 cm³/mol. The van der Waals surface area contributed by atoms with E-state index in [0.29, 0.717) is 11.1 Å². The van der Waals surface area contributed by atoms with Crippen molar-refractivity contribution in [2.45, 2.75) is 20.0 Å². The molecule has 0 aliphatic carbocycles. The van der Waals surface area contributed by atoms with Crippen molar-refractivity contribution in [1.82, 2.24) is 0 Å². The number of alkyl halides is 2. The summed E-state index contributed by atoms with van der Waals surface area (Å²) in [6.45, 7) is -1.59. The summed E-state index contributed by atoms with van der Waals surface area (Å²) >= 11 is 5.82. The lowest BCUT2D eigenvalue weighted by atomic mass is 10.1. The number of amides is 1. The third-order valence-electron chi connectivity index (χ3n) is 3.94. The van der Waals surface area contributed by atoms with Crippen LogP contribution in [0.25, 0.3) is 11.0 Å². The first kappa shape index (κ1) is 20.6. The van der Waals surface area contributed by atoms with Crippen LogP contribution in [0.5, 0.6) is 5.75 Å². The molecule has 0 spiro atoms. The summed E-state index contributed by atoms with van der Waals surface area (Å²) in [5.41, 5.74) is 2.61. The first-order chi connectivity index (χ1) is 13.8. The number of aryl methyl sites for hydroxylation is 1. The Kier molecular flexibility index (Phi) is 6.33. The summed E-state index contributed by atoms with van der Waals surface area (Å²) in [5.74, 6) is -1.42. The highest BCUT2D eigenvalue weighted by molar-refractivity contribution is 6.32. The predicted octanol–water partition coefficient (Wildman–Crippen LogP) is 4.72. The van der Waals surface area contributed by atoms with E-state index in [0.717, 1.165) is 10.9 Å². The van der Waals surface area contributed by atoms with Gasteiger partial charge in [0.1, 0.15) is 11.3 Å². The third-order valence-corrected chi connectivity index (χ3v) is 4.24. The van der Waals surface area contributed by atoms with Gasteiger partial charge in [0.25, 0.3) is 5.91 Å². The number of rotatable bonds is 7. The van der Waals surface area contributed by atoms with Crippen molar-refractivity contribution in [1.29, 1.82) is 0 Å². The van der Waals surface area contributed by atoms with E-state index >= 15 is 0 Å². The number of anilines is 1. The molecule has 3 rings (SSSR count). The zero-order chi connectivity index (χ0) is 21.0. The molecule has 0 atom stereocenters. The zero-order valence-corrected chi connectivity index (χ0v) is 16.0. The average Bonchev–Trinajstić information content (AvgIpc) is 3.04. The smallest absolute Gasteiger partial charge is 0.387 e. The topological polar surface area (TPSA) is 77.8 Å². The molecule has 1 amide bonds. The van der Waals surface area contributed by atoms with Gasteiger partial charge in [-0.1, -0.05) is 23.7 Å². The monoisotopic (exact) mass is 423 g/mol. The molecule has 9 heteroatoms. The van der Waals surface area contributed by atoms with E-state index in [1.165, 1.54) is 24.5 Å². The van der Waals surface area contributed by atoms with Gasteiger partial charge in [0, 0.05) is 16.6 Å². The van der Waals surface area contributed by atoms with Gasteiger partial charge in [-0.25, -0.2) is 0 Å². The fourth-order valence-corrected chi connectivity index (χ4v) is 2.87. The Morgan fingerprint density at radius 1 is 1.21 bits per heavy atom. The van der Waals surface area contributed by atoms with Gasteiger partial charge in [-0.3, -0.25) is 9.59 Å². The fraction of sp³-hybridized carbons (Fsp3) is 0.200. The number of hydrogen-bond acceptors (Lipinski definition) is 5. The standard InChI is InChI=1S/C20H16ClF2NO5/c1-11-2-4-14-12(9-27-17(14)6-11)7-19(26)28-10-18(25)24-13-3-5-16(15(21)8-13)29-20(22)23/h2-6,8-9,20H,7,10H2,1H3,(H,24,25). The maximum atomic E-state index is 12.2. The Labute approximate surface area is 169 Å². The molecule has 3 aromatic rings. The van der Waals surface area contributed by atoms with Crippen molar-refractivity contribution in [2.75, 3.05) is 11.9 Å². The summed E-state index contributed by atoms with van der Waals surface area (Å²) in [6, 6.07) is 9.40. The Morgan fingerprint density at radius 3 is 2.72 bits per heavy atom. The molecule has 0 fully saturated rings. The average molecular weight is 424 g/mol. The summed E-state index contributed by atoms with van der Waals surface area (Å²) in [5, 5.41) is 3.16. The molecule has 1 N–H and O–H groups in total. The van der Waals surface area contributed by atoms with E-state index in [2.05, 4.69) is 10.1 Å². The van der Waals surface area contributed by atoms with E-state index in [1.54, 1.807) is 0 Å². The summed E-state index contributed by atoms with van der Waals surface area (Å²) < 4.78 is 39.1. The van der Waals surface area contributed by atoms with E-state index < -0.39 is 25.1 Å². The van der Waals surface area contributed by atoms with E-state index in [-0.39, 0.29) is 22.9 Å². The van der Waals surface area contributed by atoms with Gasteiger partial charge in [-0.15, -0.1) is 0 Å². The largest absolute Gasteiger partial charge is 0.464 e. The second-order valence-electron chi connectivity index (χ2n) is 6.17. The van der Waals surface area contributed by atoms with Gasteiger partial charge < -0.3 is 19.2 Å². The molecule has 0 unspecified atom stereocenters. The molecular formula is C20H16ClF2NO5. The van der Waals surface area contributed by atoms with Gasteiger partial charge in [0.05, 0.1) is 17.7 Å². The molecule has 0 saturated carbocycles. The number of ether oxygens (including phenoxy) is 2. The summed E-state index contributed by atoms with van der Waals surface area (Å²) in [7, 11) is 0. The van der Waals surface area contributed by atoms with E-state index in [4.69, 9.17) is 20.8 Å². The molecule has 6 nitrogen and oxygen atoms in total. The highest BCUT2D eigenvalue weighted by Crippen LogP contribution is 2.29. The summed E-state index contributed by atoms with van der Waals surface area (Å²) in [6.07, 6.45) is 1.44. The van der Waals surface area contributed by atoms with Crippen LogP contribution >= 0.6 is 11.6 Å². The maximum absolute atomic E-state index is 12.2. The molecule has 29 heavy (non-hydrogen) atoms. The van der Waals surface area contributed by atoms with Crippen LogP contribution in [0.15, 0.2) is 47.1 Å². The van der Waals surface area contributed by atoms with Gasteiger partial charge in [0.15, 0.2) is 6.61 Å². The molecule has 0 saturated heterocycles. The highest BCUT2D eigenvalue weighted by Gasteiger charge is 2.14. The Bertz CT molecular complexity index is 1050. The minimum atomic E-state index is -3.01. The molecule has 0 aliphatic rings. The lowest BCUT2D eigenvalue weighted by molar-refractivity contribution is -0.146. The molecule has 152 valence electrons. The van der Waals surface area contributed by atoms with Crippen LogP contribution < -0.4 is 10.1 Å². The highest BCUT2D eigenvalue weighted by atomic mass is 35.5. The Hall–Kier alpha value is -3.13. The van der Waals surface area contributed by atoms with Gasteiger partial charge >= 0.3 is 12.6 Å². The molecule has 0 aliphatic heterocycles. The number of hydrogen-bond donors (Lipinski definition) is 1. The van der Waals surface area contributed by atoms with Crippen molar-refractivity contribution in [3.05, 3.63) is 58.8 Å². The molecule has 1 heterocycles. The van der Waals surface area contributed by atoms with Crippen LogP contribution in [0.4, 0.5) is 14.5 Å². The lowest BCUT2D eigenvalue weighted by Crippen LogP contribution is -2.21. The van der Waals surface area contributed by atoms with Crippen LogP contribution in [-0.4, -0.2) is 25.1 Å². The van der Waals surface area contributed by atoms with Crippen molar-refractivity contribution < 1.29 is 32.3 Å². The minimum absolute atomic E-state index is 0.0468.